The number of rotatable bonds is 10. The molecule has 2 aliphatic heterocycles. The van der Waals surface area contributed by atoms with Gasteiger partial charge in [0.25, 0.3) is 5.91 Å². The maximum Gasteiger partial charge on any atom is 0.308 e. The Morgan fingerprint density at radius 3 is 2.48 bits per heavy atom. The minimum atomic E-state index is -3.94. The average Bonchev–Trinajstić information content (AvgIpc) is 3.78. The third-order valence-electron chi connectivity index (χ3n) is 10.4. The Hall–Kier alpha value is -5.10. The Morgan fingerprint density at radius 1 is 1.07 bits per heavy atom. The number of thiazole rings is 1. The van der Waals surface area contributed by atoms with Gasteiger partial charge in [0, 0.05) is 35.2 Å². The summed E-state index contributed by atoms with van der Waals surface area (Å²) >= 11 is 1.45. The summed E-state index contributed by atoms with van der Waals surface area (Å²) in [7, 11) is -2.37. The molecule has 6 rings (SSSR count). The third-order valence-corrected chi connectivity index (χ3v) is 13.1. The van der Waals surface area contributed by atoms with Gasteiger partial charge in [0.05, 0.1) is 36.5 Å². The molecular weight excluding hydrogens is 813 g/mol. The molecule has 324 valence electrons. The molecule has 1 aliphatic carbocycles. The van der Waals surface area contributed by atoms with Crippen molar-refractivity contribution in [3.05, 3.63) is 47.0 Å². The Labute approximate surface area is 354 Å². The zero-order valence-corrected chi connectivity index (χ0v) is 36.7. The number of esters is 1. The van der Waals surface area contributed by atoms with Crippen LogP contribution in [-0.4, -0.2) is 102 Å². The van der Waals surface area contributed by atoms with E-state index in [0.29, 0.717) is 58.8 Å². The average molecular weight is 867 g/mol. The summed E-state index contributed by atoms with van der Waals surface area (Å²) in [6.07, 6.45) is 3.66. The number of sulfonamides is 1. The molecule has 60 heavy (non-hydrogen) atoms. The first-order valence-corrected chi connectivity index (χ1v) is 22.7. The lowest BCUT2D eigenvalue weighted by Crippen LogP contribution is -2.57. The van der Waals surface area contributed by atoms with E-state index in [1.54, 1.807) is 52.2 Å². The van der Waals surface area contributed by atoms with Gasteiger partial charge in [-0.25, -0.2) is 18.4 Å². The van der Waals surface area contributed by atoms with Gasteiger partial charge in [-0.2, -0.15) is 0 Å². The molecule has 4 heterocycles. The minimum absolute atomic E-state index is 0.0255. The number of hydrogen-bond acceptors (Lipinski definition) is 13. The predicted octanol–water partition coefficient (Wildman–Crippen LogP) is 4.59. The van der Waals surface area contributed by atoms with Crippen LogP contribution in [-0.2, 0) is 38.7 Å². The summed E-state index contributed by atoms with van der Waals surface area (Å²) < 4.78 is 45.5. The molecule has 0 radical (unpaired) electrons. The van der Waals surface area contributed by atoms with Crippen LogP contribution in [0.5, 0.6) is 11.5 Å². The molecular formula is C42H54N6O10S2. The van der Waals surface area contributed by atoms with Crippen molar-refractivity contribution in [3.63, 3.8) is 0 Å². The highest BCUT2D eigenvalue weighted by atomic mass is 32.2. The number of pyridine rings is 1. The van der Waals surface area contributed by atoms with Gasteiger partial charge < -0.3 is 29.7 Å². The highest BCUT2D eigenvalue weighted by Gasteiger charge is 2.45. The zero-order chi connectivity index (χ0) is 43.5. The minimum Gasteiger partial charge on any atom is -0.496 e. The van der Waals surface area contributed by atoms with Crippen LogP contribution in [0.15, 0.2) is 35.7 Å². The lowest BCUT2D eigenvalue weighted by molar-refractivity contribution is -0.157. The van der Waals surface area contributed by atoms with Crippen molar-refractivity contribution in [1.82, 2.24) is 30.2 Å². The molecule has 1 aromatic carbocycles. The molecule has 1 saturated carbocycles. The van der Waals surface area contributed by atoms with Gasteiger partial charge in [0.15, 0.2) is 0 Å². The number of carbonyl (C=O) groups excluding carboxylic acids is 5. The molecule has 4 unspecified atom stereocenters. The molecule has 3 N–H and O–H groups in total. The molecule has 1 saturated heterocycles. The van der Waals surface area contributed by atoms with Crippen molar-refractivity contribution in [2.45, 2.75) is 134 Å². The summed E-state index contributed by atoms with van der Waals surface area (Å²) in [5.74, 6) is -2.36. The largest absolute Gasteiger partial charge is 0.496 e. The normalized spacial score (nSPS) is 22.1. The number of aromatic nitrogens is 2. The van der Waals surface area contributed by atoms with E-state index in [0.717, 1.165) is 11.3 Å². The summed E-state index contributed by atoms with van der Waals surface area (Å²) in [4.78, 5) is 79.9. The first kappa shape index (κ1) is 44.5. The number of fused-ring (bicyclic) bond motifs is 2. The Bertz CT molecular complexity index is 2280. The van der Waals surface area contributed by atoms with Gasteiger partial charge in [-0.05, 0) is 77.8 Å². The van der Waals surface area contributed by atoms with Crippen LogP contribution in [0.25, 0.3) is 21.6 Å². The maximum atomic E-state index is 14.6. The van der Waals surface area contributed by atoms with Crippen molar-refractivity contribution in [2.24, 2.45) is 0 Å². The fraction of sp³-hybridized carbons (Fsp3) is 0.548. The summed E-state index contributed by atoms with van der Waals surface area (Å²) in [5.41, 5.74) is 1.95. The summed E-state index contributed by atoms with van der Waals surface area (Å²) in [6.45, 7) is 10.9. The second kappa shape index (κ2) is 18.3. The standard InChI is InChI=1S/C42H54N6O10S2/c1-23(2)31-22-59-40(46-31)29-19-34(27-16-17-33(56-7)24(3)37(27)44-29)57-25-18-32-39(52)45-28(38(51)47-60(54,55)26-14-15-26)12-10-8-9-11-13-35(49)43-30(41(53)48(32)21-25)20-36(50)58-42(4,5)6/h8,10,16-17,19,22-23,25-26,28,30,32H,9,11-15,18,20-21H2,1-7H3,(H,43,49)(H,45,52)(H,47,51). The second-order valence-electron chi connectivity index (χ2n) is 16.8. The monoisotopic (exact) mass is 866 g/mol. The van der Waals surface area contributed by atoms with Crippen molar-refractivity contribution in [3.8, 4) is 22.2 Å². The first-order chi connectivity index (χ1) is 28.3. The Morgan fingerprint density at radius 2 is 1.82 bits per heavy atom. The number of carbonyl (C=O) groups is 5. The number of methoxy groups -OCH3 is 1. The lowest BCUT2D eigenvalue weighted by Gasteiger charge is -2.29. The third kappa shape index (κ3) is 10.8. The molecule has 4 amide bonds. The van der Waals surface area contributed by atoms with Crippen LogP contribution in [0.3, 0.4) is 0 Å². The first-order valence-electron chi connectivity index (χ1n) is 20.3. The molecule has 16 nitrogen and oxygen atoms in total. The van der Waals surface area contributed by atoms with E-state index in [9.17, 15) is 32.4 Å². The van der Waals surface area contributed by atoms with E-state index in [-0.39, 0.29) is 31.7 Å². The highest BCUT2D eigenvalue weighted by molar-refractivity contribution is 7.90. The molecule has 3 aromatic rings. The van der Waals surface area contributed by atoms with Gasteiger partial charge in [0.2, 0.25) is 27.7 Å². The Balaban J connectivity index is 1.38. The summed E-state index contributed by atoms with van der Waals surface area (Å²) in [5, 5.41) is 8.03. The second-order valence-corrected chi connectivity index (χ2v) is 19.6. The van der Waals surface area contributed by atoms with E-state index in [2.05, 4.69) is 29.2 Å². The fourth-order valence-electron chi connectivity index (χ4n) is 7.15. The molecule has 4 atom stereocenters. The molecule has 18 heteroatoms. The van der Waals surface area contributed by atoms with Crippen LogP contribution in [0.2, 0.25) is 0 Å². The van der Waals surface area contributed by atoms with E-state index >= 15 is 0 Å². The smallest absolute Gasteiger partial charge is 0.308 e. The number of allylic oxidation sites excluding steroid dienone is 1. The number of hydrogen-bond donors (Lipinski definition) is 3. The SMILES string of the molecule is COc1ccc2c(OC3CC4C(=O)NC(C(=O)NS(=O)(=O)C5CC5)CC=CCCCC(=O)NC(CC(=O)OC(C)(C)C)C(=O)N4C3)cc(-c3nc(C(C)C)cs3)nc2c1C. The van der Waals surface area contributed by atoms with Crippen LogP contribution in [0.1, 0.15) is 103 Å². The maximum absolute atomic E-state index is 14.6. The van der Waals surface area contributed by atoms with Gasteiger partial charge in [-0.1, -0.05) is 26.0 Å². The van der Waals surface area contributed by atoms with E-state index in [1.165, 1.54) is 16.2 Å². The van der Waals surface area contributed by atoms with Crippen molar-refractivity contribution >= 4 is 61.9 Å². The van der Waals surface area contributed by atoms with Crippen molar-refractivity contribution in [1.29, 1.82) is 0 Å². The number of amides is 4. The van der Waals surface area contributed by atoms with Crippen molar-refractivity contribution in [2.75, 3.05) is 13.7 Å². The Kier molecular flexibility index (Phi) is 13.5. The number of nitrogens with zero attached hydrogens (tertiary/aromatic N) is 3. The van der Waals surface area contributed by atoms with Gasteiger partial charge >= 0.3 is 5.97 Å². The summed E-state index contributed by atoms with van der Waals surface area (Å²) in [6, 6.07) is 1.43. The molecule has 2 fully saturated rings. The molecule has 3 aliphatic rings. The molecule has 0 spiro atoms. The number of nitrogens with one attached hydrogen (secondary N) is 3. The van der Waals surface area contributed by atoms with Crippen LogP contribution in [0.4, 0.5) is 0 Å². The molecule has 2 aromatic heterocycles. The lowest BCUT2D eigenvalue weighted by atomic mass is 10.1. The topological polar surface area (TPSA) is 212 Å². The quantitative estimate of drug-likeness (QED) is 0.189. The fourth-order valence-corrected chi connectivity index (χ4v) is 9.44. The predicted molar refractivity (Wildman–Crippen MR) is 225 cm³/mol. The zero-order valence-electron chi connectivity index (χ0n) is 35.0. The number of aryl methyl sites for hydroxylation is 1. The number of ether oxygens (including phenoxy) is 3. The van der Waals surface area contributed by atoms with Crippen LogP contribution >= 0.6 is 11.3 Å². The van der Waals surface area contributed by atoms with Crippen LogP contribution < -0.4 is 24.8 Å². The van der Waals surface area contributed by atoms with E-state index in [4.69, 9.17) is 24.2 Å². The van der Waals surface area contributed by atoms with E-state index in [1.807, 2.05) is 18.4 Å². The van der Waals surface area contributed by atoms with Crippen LogP contribution in [0, 0.1) is 6.92 Å². The van der Waals surface area contributed by atoms with Gasteiger partial charge in [-0.3, -0.25) is 28.7 Å². The highest BCUT2D eigenvalue weighted by Crippen LogP contribution is 2.38. The number of benzene rings is 1. The van der Waals surface area contributed by atoms with Gasteiger partial charge in [0.1, 0.15) is 52.0 Å². The molecule has 0 bridgehead atoms. The van der Waals surface area contributed by atoms with E-state index < -0.39 is 81.1 Å². The van der Waals surface area contributed by atoms with Gasteiger partial charge in [-0.15, -0.1) is 11.3 Å². The van der Waals surface area contributed by atoms with Crippen molar-refractivity contribution < 1.29 is 46.6 Å².